The van der Waals surface area contributed by atoms with E-state index in [0.717, 1.165) is 62.0 Å². The number of benzene rings is 5. The van der Waals surface area contributed by atoms with E-state index in [1.54, 1.807) is 4.40 Å². The number of hydrogen-bond acceptors (Lipinski definition) is 3. The maximum atomic E-state index is 6.40. The maximum Gasteiger partial charge on any atom is 0 e. The second kappa shape index (κ2) is 17.9. The third-order valence-electron chi connectivity index (χ3n) is 11.8. The molecule has 3 heterocycles. The van der Waals surface area contributed by atoms with Gasteiger partial charge in [-0.25, -0.2) is 0 Å². The summed E-state index contributed by atoms with van der Waals surface area (Å²) in [6, 6.07) is 44.6. The third kappa shape index (κ3) is 8.69. The van der Waals surface area contributed by atoms with Crippen molar-refractivity contribution < 1.29 is 24.5 Å². The van der Waals surface area contributed by atoms with Crippen molar-refractivity contribution in [2.45, 2.75) is 96.8 Å². The molecule has 58 heavy (non-hydrogen) atoms. The Kier molecular flexibility index (Phi) is 13.4. The van der Waals surface area contributed by atoms with Gasteiger partial charge in [0.05, 0.1) is 22.4 Å². The van der Waals surface area contributed by atoms with E-state index in [4.69, 9.17) is 14.4 Å². The first-order valence-corrected chi connectivity index (χ1v) is 28.1. The van der Waals surface area contributed by atoms with Crippen molar-refractivity contribution >= 4 is 50.6 Å². The Bertz CT molecular complexity index is 2620. The number of furan rings is 1. The van der Waals surface area contributed by atoms with E-state index in [9.17, 15) is 0 Å². The quantitative estimate of drug-likeness (QED) is 0.101. The van der Waals surface area contributed by atoms with Crippen LogP contribution in [-0.4, -0.2) is 27.8 Å². The van der Waals surface area contributed by atoms with Crippen molar-refractivity contribution in [1.82, 2.24) is 14.5 Å². The number of para-hydroxylation sites is 4. The molecule has 0 saturated carbocycles. The Hall–Kier alpha value is -4.29. The van der Waals surface area contributed by atoms with E-state index >= 15 is 0 Å². The molecule has 4 nitrogen and oxygen atoms in total. The Morgan fingerprint density at radius 3 is 2.09 bits per heavy atom. The number of aromatic nitrogens is 3. The van der Waals surface area contributed by atoms with Crippen LogP contribution in [0, 0.1) is 17.5 Å². The molecule has 0 unspecified atom stereocenters. The van der Waals surface area contributed by atoms with Gasteiger partial charge < -0.3 is 8.98 Å². The first kappa shape index (κ1) is 43.3. The van der Waals surface area contributed by atoms with Crippen molar-refractivity contribution in [1.29, 1.82) is 0 Å². The molecule has 0 bridgehead atoms. The molecule has 0 aliphatic carbocycles. The van der Waals surface area contributed by atoms with Gasteiger partial charge in [-0.3, -0.25) is 4.98 Å². The van der Waals surface area contributed by atoms with Crippen molar-refractivity contribution in [2.75, 3.05) is 0 Å². The topological polar surface area (TPSA) is 43.9 Å². The minimum Gasteiger partial charge on any atom is 0 e. The zero-order valence-electron chi connectivity index (χ0n) is 35.8. The molecule has 0 aliphatic heterocycles. The first-order valence-electron chi connectivity index (χ1n) is 20.7. The summed E-state index contributed by atoms with van der Waals surface area (Å²) < 4.78 is 10.3. The van der Waals surface area contributed by atoms with Gasteiger partial charge in [0, 0.05) is 31.2 Å². The fourth-order valence-corrected chi connectivity index (χ4v) is 11.3. The Labute approximate surface area is 362 Å². The van der Waals surface area contributed by atoms with Crippen molar-refractivity contribution in [3.8, 4) is 28.3 Å². The van der Waals surface area contributed by atoms with Crippen LogP contribution >= 0.6 is 0 Å². The van der Waals surface area contributed by atoms with Crippen LogP contribution in [0.5, 0.6) is 0 Å². The summed E-state index contributed by atoms with van der Waals surface area (Å²) in [6.45, 7) is 16.1. The fraction of sp³-hybridized carbons (Fsp3) is 0.308. The molecular weight excluding hydrogens is 947 g/mol. The van der Waals surface area contributed by atoms with Crippen LogP contribution in [0.15, 0.2) is 120 Å². The van der Waals surface area contributed by atoms with Gasteiger partial charge in [0.25, 0.3) is 0 Å². The van der Waals surface area contributed by atoms with Gasteiger partial charge in [0.15, 0.2) is 0 Å². The Balaban J connectivity index is 0.000000208. The molecule has 0 aliphatic rings. The van der Waals surface area contributed by atoms with E-state index in [2.05, 4.69) is 161 Å². The number of fused-ring (bicyclic) bond motifs is 4. The number of imidazole rings is 1. The molecule has 1 radical (unpaired) electrons. The molecule has 301 valence electrons. The van der Waals surface area contributed by atoms with Crippen LogP contribution in [0.2, 0.25) is 17.3 Å². The van der Waals surface area contributed by atoms with Crippen LogP contribution in [-0.2, 0) is 26.5 Å². The zero-order valence-corrected chi connectivity index (χ0v) is 40.3. The van der Waals surface area contributed by atoms with Crippen LogP contribution in [0.1, 0.15) is 89.8 Å². The van der Waals surface area contributed by atoms with Crippen molar-refractivity contribution in [3.05, 3.63) is 144 Å². The summed E-state index contributed by atoms with van der Waals surface area (Å²) in [5.74, 6) is 8.99. The van der Waals surface area contributed by atoms with Gasteiger partial charge in [-0.15, -0.1) is 18.2 Å². The first-order chi connectivity index (χ1) is 27.3. The smallest absolute Gasteiger partial charge is 0 e. The van der Waals surface area contributed by atoms with Gasteiger partial charge >= 0.3 is 145 Å². The van der Waals surface area contributed by atoms with E-state index in [1.807, 2.05) is 36.4 Å². The summed E-state index contributed by atoms with van der Waals surface area (Å²) in [5.41, 5.74) is 12.5. The van der Waals surface area contributed by atoms with Crippen molar-refractivity contribution in [3.63, 3.8) is 0 Å². The molecule has 8 rings (SSSR count). The Morgan fingerprint density at radius 1 is 0.759 bits per heavy atom. The fourth-order valence-electron chi connectivity index (χ4n) is 8.02. The molecule has 0 saturated heterocycles. The minimum atomic E-state index is -1.93. The molecular formula is C52H57GeIrN3O-2. The van der Waals surface area contributed by atoms with Gasteiger partial charge in [-0.05, 0) is 41.2 Å². The van der Waals surface area contributed by atoms with E-state index in [1.165, 1.54) is 35.2 Å². The SMILES string of the molecule is CC(C)c1cccc(C(C)C)c1-n1c(-c2[c-]ccc3c2oc2ccccc23)nc2ccccc21.CCC(C)(CC)Cc1cc(-c2[c-]cccc2)nc[c]1[Ge]([CH3])([CH3])[CH3].[Ir]. The number of nitrogens with zero attached hydrogens (tertiary/aromatic N) is 3. The molecule has 0 atom stereocenters. The standard InChI is InChI=1S/C31H27N2O.C21H30GeN.Ir/c1-19(2)21-12-9-13-22(20(3)4)29(21)33-27-17-7-6-16-26(27)32-31(33)25-15-10-14-24-23-11-5-8-18-28(23)34-30(24)25;1-7-21(3,8-2)15-18-14-20(17-12-10-9-11-13-17)23-16-19(18)22(4,5)6;/h5-14,16-20H,1-4H3;9-12,14,16H,7-8,15H2,1-6H3;/q2*-1;. The summed E-state index contributed by atoms with van der Waals surface area (Å²) in [6.07, 6.45) is 5.75. The van der Waals surface area contributed by atoms with Crippen LogP contribution in [0.3, 0.4) is 0 Å². The average Bonchev–Trinajstić information content (AvgIpc) is 3.79. The third-order valence-corrected chi connectivity index (χ3v) is 16.1. The molecule has 0 fully saturated rings. The second-order valence-corrected chi connectivity index (χ2v) is 28.1. The van der Waals surface area contributed by atoms with Crippen LogP contribution in [0.4, 0.5) is 0 Å². The minimum absolute atomic E-state index is 0. The predicted octanol–water partition coefficient (Wildman–Crippen LogP) is 14.1. The summed E-state index contributed by atoms with van der Waals surface area (Å²) in [7, 11) is 0. The monoisotopic (exact) mass is 1010 g/mol. The molecule has 0 spiro atoms. The van der Waals surface area contributed by atoms with E-state index < -0.39 is 13.3 Å². The average molecular weight is 1000 g/mol. The van der Waals surface area contributed by atoms with E-state index in [0.29, 0.717) is 17.3 Å². The number of rotatable bonds is 10. The summed E-state index contributed by atoms with van der Waals surface area (Å²) >= 11 is -1.93. The molecule has 3 aromatic heterocycles. The predicted molar refractivity (Wildman–Crippen MR) is 245 cm³/mol. The zero-order chi connectivity index (χ0) is 40.5. The number of pyridine rings is 1. The molecule has 0 amide bonds. The summed E-state index contributed by atoms with van der Waals surface area (Å²) in [4.78, 5) is 9.93. The van der Waals surface area contributed by atoms with Gasteiger partial charge in [-0.2, -0.15) is 0 Å². The maximum absolute atomic E-state index is 6.40. The van der Waals surface area contributed by atoms with Gasteiger partial charge in [0.1, 0.15) is 5.58 Å². The van der Waals surface area contributed by atoms with Crippen molar-refractivity contribution in [2.24, 2.45) is 5.41 Å². The normalized spacial score (nSPS) is 12.0. The molecule has 8 aromatic rings. The molecule has 5 aromatic carbocycles. The Morgan fingerprint density at radius 2 is 1.43 bits per heavy atom. The second-order valence-electron chi connectivity index (χ2n) is 17.5. The molecule has 0 N–H and O–H groups in total. The number of hydrogen-bond donors (Lipinski definition) is 0. The summed E-state index contributed by atoms with van der Waals surface area (Å²) in [5, 5.41) is 2.20. The van der Waals surface area contributed by atoms with Gasteiger partial charge in [-0.1, -0.05) is 87.2 Å². The largest absolute Gasteiger partial charge is 0 e. The van der Waals surface area contributed by atoms with E-state index in [-0.39, 0.29) is 20.1 Å². The molecule has 6 heteroatoms. The van der Waals surface area contributed by atoms with Gasteiger partial charge in [0.2, 0.25) is 0 Å². The van der Waals surface area contributed by atoms with Crippen LogP contribution < -0.4 is 4.40 Å². The van der Waals surface area contributed by atoms with Crippen LogP contribution in [0.25, 0.3) is 61.3 Å².